The standard InChI is InChI=1S/C12H15N3O/c1-12(2)10(7-11(16)15-12)14-9-6-4-3-5-8(9)13/h3-7,14H,13H2,1-2H3,(H,15,16). The minimum atomic E-state index is -0.376. The van der Waals surface area contributed by atoms with E-state index in [2.05, 4.69) is 10.6 Å². The lowest BCUT2D eigenvalue weighted by Gasteiger charge is -2.24. The maximum atomic E-state index is 11.3. The first-order valence-corrected chi connectivity index (χ1v) is 5.15. The van der Waals surface area contributed by atoms with Gasteiger partial charge in [0, 0.05) is 11.8 Å². The summed E-state index contributed by atoms with van der Waals surface area (Å²) in [6.45, 7) is 3.88. The van der Waals surface area contributed by atoms with E-state index in [0.717, 1.165) is 11.4 Å². The first-order chi connectivity index (χ1) is 7.49. The van der Waals surface area contributed by atoms with E-state index >= 15 is 0 Å². The summed E-state index contributed by atoms with van der Waals surface area (Å²) >= 11 is 0. The van der Waals surface area contributed by atoms with Crippen LogP contribution in [0.25, 0.3) is 0 Å². The van der Waals surface area contributed by atoms with Gasteiger partial charge in [-0.1, -0.05) is 12.1 Å². The van der Waals surface area contributed by atoms with Gasteiger partial charge in [-0.05, 0) is 26.0 Å². The fraction of sp³-hybridized carbons (Fsp3) is 0.250. The molecule has 0 aliphatic carbocycles. The number of benzene rings is 1. The quantitative estimate of drug-likeness (QED) is 0.657. The van der Waals surface area contributed by atoms with E-state index in [1.807, 2.05) is 38.1 Å². The van der Waals surface area contributed by atoms with Crippen LogP contribution in [-0.4, -0.2) is 11.4 Å². The summed E-state index contributed by atoms with van der Waals surface area (Å²) in [6, 6.07) is 7.48. The smallest absolute Gasteiger partial charge is 0.246 e. The number of amides is 1. The zero-order valence-corrected chi connectivity index (χ0v) is 9.37. The summed E-state index contributed by atoms with van der Waals surface area (Å²) in [4.78, 5) is 11.3. The number of anilines is 2. The molecule has 1 amide bonds. The molecular weight excluding hydrogens is 202 g/mol. The van der Waals surface area contributed by atoms with Gasteiger partial charge in [0.1, 0.15) is 0 Å². The number of hydrogen-bond donors (Lipinski definition) is 3. The molecule has 4 N–H and O–H groups in total. The van der Waals surface area contributed by atoms with Crippen LogP contribution in [0.2, 0.25) is 0 Å². The number of nitrogen functional groups attached to an aromatic ring is 1. The van der Waals surface area contributed by atoms with Crippen molar-refractivity contribution < 1.29 is 4.79 Å². The predicted octanol–water partition coefficient (Wildman–Crippen LogP) is 1.47. The number of rotatable bonds is 2. The molecule has 0 spiro atoms. The van der Waals surface area contributed by atoms with Crippen LogP contribution in [0.15, 0.2) is 36.0 Å². The molecule has 1 aliphatic rings. The van der Waals surface area contributed by atoms with Crippen molar-refractivity contribution >= 4 is 17.3 Å². The Morgan fingerprint density at radius 3 is 2.56 bits per heavy atom. The molecule has 4 nitrogen and oxygen atoms in total. The lowest BCUT2D eigenvalue weighted by atomic mass is 10.0. The zero-order chi connectivity index (χ0) is 11.8. The number of carbonyl (C=O) groups excluding carboxylic acids is 1. The second-order valence-corrected chi connectivity index (χ2v) is 4.38. The van der Waals surface area contributed by atoms with Crippen LogP contribution in [0.3, 0.4) is 0 Å². The fourth-order valence-electron chi connectivity index (χ4n) is 1.67. The maximum absolute atomic E-state index is 11.3. The van der Waals surface area contributed by atoms with Crippen molar-refractivity contribution in [1.82, 2.24) is 5.32 Å². The number of hydrogen-bond acceptors (Lipinski definition) is 3. The highest BCUT2D eigenvalue weighted by molar-refractivity contribution is 5.93. The van der Waals surface area contributed by atoms with E-state index in [-0.39, 0.29) is 11.4 Å². The summed E-state index contributed by atoms with van der Waals surface area (Å²) in [7, 11) is 0. The Morgan fingerprint density at radius 2 is 2.00 bits per heavy atom. The second kappa shape index (κ2) is 3.56. The molecule has 0 bridgehead atoms. The van der Waals surface area contributed by atoms with Crippen LogP contribution >= 0.6 is 0 Å². The van der Waals surface area contributed by atoms with Crippen LogP contribution in [0.5, 0.6) is 0 Å². The van der Waals surface area contributed by atoms with Gasteiger partial charge < -0.3 is 16.4 Å². The van der Waals surface area contributed by atoms with E-state index in [1.165, 1.54) is 0 Å². The zero-order valence-electron chi connectivity index (χ0n) is 9.37. The Bertz CT molecular complexity index is 463. The van der Waals surface area contributed by atoms with Crippen molar-refractivity contribution in [3.8, 4) is 0 Å². The molecule has 84 valence electrons. The van der Waals surface area contributed by atoms with E-state index in [9.17, 15) is 4.79 Å². The van der Waals surface area contributed by atoms with Crippen molar-refractivity contribution in [2.45, 2.75) is 19.4 Å². The van der Waals surface area contributed by atoms with Gasteiger partial charge in [0.05, 0.1) is 16.9 Å². The van der Waals surface area contributed by atoms with Gasteiger partial charge in [0.2, 0.25) is 5.91 Å². The molecule has 1 aliphatic heterocycles. The number of carbonyl (C=O) groups is 1. The van der Waals surface area contributed by atoms with Gasteiger partial charge in [0.25, 0.3) is 0 Å². The third kappa shape index (κ3) is 1.86. The molecule has 1 aromatic carbocycles. The molecule has 16 heavy (non-hydrogen) atoms. The summed E-state index contributed by atoms with van der Waals surface area (Å²) in [5, 5.41) is 6.03. The van der Waals surface area contributed by atoms with Crippen molar-refractivity contribution in [2.75, 3.05) is 11.1 Å². The molecule has 0 atom stereocenters. The minimum absolute atomic E-state index is 0.0815. The Labute approximate surface area is 94.5 Å². The summed E-state index contributed by atoms with van der Waals surface area (Å²) < 4.78 is 0. The third-order valence-electron chi connectivity index (χ3n) is 2.61. The molecule has 0 radical (unpaired) electrons. The van der Waals surface area contributed by atoms with Crippen molar-refractivity contribution in [3.05, 3.63) is 36.0 Å². The molecule has 0 fully saturated rings. The van der Waals surface area contributed by atoms with Crippen LogP contribution in [0, 0.1) is 0 Å². The molecule has 0 unspecified atom stereocenters. The number of nitrogens with one attached hydrogen (secondary N) is 2. The van der Waals surface area contributed by atoms with Gasteiger partial charge in [0.15, 0.2) is 0 Å². The Morgan fingerprint density at radius 1 is 1.31 bits per heavy atom. The average molecular weight is 217 g/mol. The van der Waals surface area contributed by atoms with Crippen molar-refractivity contribution in [2.24, 2.45) is 0 Å². The van der Waals surface area contributed by atoms with Crippen LogP contribution < -0.4 is 16.4 Å². The first-order valence-electron chi connectivity index (χ1n) is 5.15. The highest BCUT2D eigenvalue weighted by Gasteiger charge is 2.31. The van der Waals surface area contributed by atoms with Crippen LogP contribution in [-0.2, 0) is 4.79 Å². The maximum Gasteiger partial charge on any atom is 0.246 e. The Balaban J connectivity index is 2.26. The van der Waals surface area contributed by atoms with Crippen LogP contribution in [0.1, 0.15) is 13.8 Å². The van der Waals surface area contributed by atoms with E-state index in [0.29, 0.717) is 5.69 Å². The van der Waals surface area contributed by atoms with Gasteiger partial charge in [-0.15, -0.1) is 0 Å². The molecule has 1 heterocycles. The second-order valence-electron chi connectivity index (χ2n) is 4.38. The Hall–Kier alpha value is -1.97. The van der Waals surface area contributed by atoms with Gasteiger partial charge >= 0.3 is 0 Å². The fourth-order valence-corrected chi connectivity index (χ4v) is 1.67. The Kier molecular flexibility index (Phi) is 2.34. The normalized spacial score (nSPS) is 17.9. The third-order valence-corrected chi connectivity index (χ3v) is 2.61. The SMILES string of the molecule is CC1(C)NC(=O)C=C1Nc1ccccc1N. The number of nitrogens with two attached hydrogens (primary N) is 1. The topological polar surface area (TPSA) is 67.2 Å². The lowest BCUT2D eigenvalue weighted by Crippen LogP contribution is -2.40. The number of para-hydroxylation sites is 2. The van der Waals surface area contributed by atoms with Crippen molar-refractivity contribution in [1.29, 1.82) is 0 Å². The summed E-state index contributed by atoms with van der Waals surface area (Å²) in [5.41, 5.74) is 7.76. The van der Waals surface area contributed by atoms with E-state index in [4.69, 9.17) is 5.73 Å². The molecule has 0 saturated heterocycles. The van der Waals surface area contributed by atoms with Gasteiger partial charge in [-0.3, -0.25) is 4.79 Å². The lowest BCUT2D eigenvalue weighted by molar-refractivity contribution is -0.116. The molecule has 2 rings (SSSR count). The minimum Gasteiger partial charge on any atom is -0.397 e. The molecule has 4 heteroatoms. The van der Waals surface area contributed by atoms with Gasteiger partial charge in [-0.25, -0.2) is 0 Å². The highest BCUT2D eigenvalue weighted by atomic mass is 16.1. The molecule has 1 aromatic rings. The highest BCUT2D eigenvalue weighted by Crippen LogP contribution is 2.26. The van der Waals surface area contributed by atoms with Crippen LogP contribution in [0.4, 0.5) is 11.4 Å². The monoisotopic (exact) mass is 217 g/mol. The summed E-state index contributed by atoms with van der Waals surface area (Å²) in [6.07, 6.45) is 1.56. The van der Waals surface area contributed by atoms with E-state index < -0.39 is 0 Å². The molecular formula is C12H15N3O. The molecule has 0 aromatic heterocycles. The van der Waals surface area contributed by atoms with E-state index in [1.54, 1.807) is 6.08 Å². The largest absolute Gasteiger partial charge is 0.397 e. The average Bonchev–Trinajstić information content (AvgIpc) is 2.43. The van der Waals surface area contributed by atoms with Crippen molar-refractivity contribution in [3.63, 3.8) is 0 Å². The summed E-state index contributed by atoms with van der Waals surface area (Å²) in [5.74, 6) is -0.0815. The van der Waals surface area contributed by atoms with Gasteiger partial charge in [-0.2, -0.15) is 0 Å². The molecule has 0 saturated carbocycles. The predicted molar refractivity (Wildman–Crippen MR) is 64.8 cm³/mol. The first kappa shape index (κ1) is 10.5.